The Labute approximate surface area is 113 Å². The number of benzene rings is 1. The molecule has 4 heteroatoms. The fourth-order valence-corrected chi connectivity index (χ4v) is 2.37. The lowest BCUT2D eigenvalue weighted by Gasteiger charge is -2.16. The summed E-state index contributed by atoms with van der Waals surface area (Å²) in [5.74, 6) is -0.771. The van der Waals surface area contributed by atoms with Gasteiger partial charge in [0.2, 0.25) is 11.8 Å². The second-order valence-electron chi connectivity index (χ2n) is 5.08. The lowest BCUT2D eigenvalue weighted by molar-refractivity contribution is -0.123. The third-order valence-corrected chi connectivity index (χ3v) is 3.59. The molecule has 0 aliphatic carbocycles. The third kappa shape index (κ3) is 3.13. The van der Waals surface area contributed by atoms with Gasteiger partial charge >= 0.3 is 0 Å². The number of aryl methyl sites for hydroxylation is 1. The van der Waals surface area contributed by atoms with Gasteiger partial charge in [0.25, 0.3) is 0 Å². The highest BCUT2D eigenvalue weighted by Gasteiger charge is 2.33. The summed E-state index contributed by atoms with van der Waals surface area (Å²) in [6.45, 7) is 2.57. The first-order valence-electron chi connectivity index (χ1n) is 6.80. The highest BCUT2D eigenvalue weighted by Crippen LogP contribution is 2.25. The number of carbonyl (C=O) groups excluding carboxylic acids is 2. The number of primary amides is 1. The van der Waals surface area contributed by atoms with Crippen LogP contribution in [0.1, 0.15) is 31.7 Å². The van der Waals surface area contributed by atoms with E-state index in [1.54, 1.807) is 4.90 Å². The number of unbranched alkanes of at least 4 members (excludes halogenated alkanes) is 1. The zero-order valence-corrected chi connectivity index (χ0v) is 11.3. The van der Waals surface area contributed by atoms with Crippen LogP contribution in [-0.2, 0) is 16.0 Å². The zero-order chi connectivity index (χ0) is 13.8. The van der Waals surface area contributed by atoms with Gasteiger partial charge in [-0.25, -0.2) is 0 Å². The fraction of sp³-hybridized carbons (Fsp3) is 0.467. The van der Waals surface area contributed by atoms with Gasteiger partial charge in [0, 0.05) is 18.7 Å². The monoisotopic (exact) mass is 260 g/mol. The molecule has 4 nitrogen and oxygen atoms in total. The van der Waals surface area contributed by atoms with Gasteiger partial charge in [0.1, 0.15) is 0 Å². The topological polar surface area (TPSA) is 63.4 Å². The Kier molecular flexibility index (Phi) is 4.20. The molecule has 1 aliphatic rings. The molecule has 0 bridgehead atoms. The number of amides is 2. The molecule has 1 aromatic carbocycles. The summed E-state index contributed by atoms with van der Waals surface area (Å²) in [7, 11) is 0. The molecule has 2 N–H and O–H groups in total. The summed E-state index contributed by atoms with van der Waals surface area (Å²) >= 11 is 0. The summed E-state index contributed by atoms with van der Waals surface area (Å²) in [4.78, 5) is 24.7. The first kappa shape index (κ1) is 13.6. The lowest BCUT2D eigenvalue weighted by atomic mass is 10.1. The number of anilines is 1. The maximum absolute atomic E-state index is 11.9. The van der Waals surface area contributed by atoms with Crippen molar-refractivity contribution in [3.05, 3.63) is 29.8 Å². The Morgan fingerprint density at radius 3 is 2.58 bits per heavy atom. The van der Waals surface area contributed by atoms with Crippen molar-refractivity contribution in [2.24, 2.45) is 11.7 Å². The van der Waals surface area contributed by atoms with E-state index in [2.05, 4.69) is 19.1 Å². The van der Waals surface area contributed by atoms with Crippen molar-refractivity contribution in [2.45, 2.75) is 32.6 Å². The predicted molar refractivity (Wildman–Crippen MR) is 74.7 cm³/mol. The highest BCUT2D eigenvalue weighted by molar-refractivity contribution is 6.00. The van der Waals surface area contributed by atoms with Crippen LogP contribution in [0.5, 0.6) is 0 Å². The molecule has 1 saturated heterocycles. The summed E-state index contributed by atoms with van der Waals surface area (Å²) in [5.41, 5.74) is 7.40. The molecule has 2 rings (SSSR count). The molecule has 102 valence electrons. The summed E-state index contributed by atoms with van der Waals surface area (Å²) in [6, 6.07) is 8.00. The van der Waals surface area contributed by atoms with E-state index in [1.165, 1.54) is 18.4 Å². The Balaban J connectivity index is 2.06. The van der Waals surface area contributed by atoms with E-state index in [9.17, 15) is 9.59 Å². The van der Waals surface area contributed by atoms with Crippen LogP contribution in [0.15, 0.2) is 24.3 Å². The van der Waals surface area contributed by atoms with E-state index in [0.717, 1.165) is 12.1 Å². The number of rotatable bonds is 5. The van der Waals surface area contributed by atoms with E-state index >= 15 is 0 Å². The predicted octanol–water partition coefficient (Wildman–Crippen LogP) is 1.87. The third-order valence-electron chi connectivity index (χ3n) is 3.59. The Morgan fingerprint density at radius 1 is 1.37 bits per heavy atom. The van der Waals surface area contributed by atoms with Gasteiger partial charge in [0.15, 0.2) is 0 Å². The van der Waals surface area contributed by atoms with Gasteiger partial charge in [-0.3, -0.25) is 9.59 Å². The molecule has 0 saturated carbocycles. The van der Waals surface area contributed by atoms with Crippen LogP contribution in [0.3, 0.4) is 0 Å². The molecule has 1 aliphatic heterocycles. The second kappa shape index (κ2) is 5.87. The molecule has 0 unspecified atom stereocenters. The van der Waals surface area contributed by atoms with Gasteiger partial charge in [-0.15, -0.1) is 0 Å². The van der Waals surface area contributed by atoms with Crippen molar-refractivity contribution in [1.29, 1.82) is 0 Å². The number of nitrogens with two attached hydrogens (primary N) is 1. The van der Waals surface area contributed by atoms with Crippen molar-refractivity contribution in [1.82, 2.24) is 0 Å². The van der Waals surface area contributed by atoms with Crippen LogP contribution in [0.4, 0.5) is 5.69 Å². The number of hydrogen-bond acceptors (Lipinski definition) is 2. The SMILES string of the molecule is CCCCc1ccc(N2C[C@H](C(N)=O)CC2=O)cc1. The van der Waals surface area contributed by atoms with Crippen molar-refractivity contribution >= 4 is 17.5 Å². The molecule has 1 aromatic rings. The van der Waals surface area contributed by atoms with Crippen molar-refractivity contribution in [3.8, 4) is 0 Å². The average molecular weight is 260 g/mol. The van der Waals surface area contributed by atoms with Gasteiger partial charge in [-0.2, -0.15) is 0 Å². The largest absolute Gasteiger partial charge is 0.369 e. The first-order chi connectivity index (χ1) is 9.11. The van der Waals surface area contributed by atoms with Crippen LogP contribution in [-0.4, -0.2) is 18.4 Å². The quantitative estimate of drug-likeness (QED) is 0.878. The fourth-order valence-electron chi connectivity index (χ4n) is 2.37. The Hall–Kier alpha value is -1.84. The van der Waals surface area contributed by atoms with Gasteiger partial charge < -0.3 is 10.6 Å². The maximum Gasteiger partial charge on any atom is 0.227 e. The minimum atomic E-state index is -0.393. The molecule has 1 atom stereocenters. The molecular weight excluding hydrogens is 240 g/mol. The molecule has 19 heavy (non-hydrogen) atoms. The van der Waals surface area contributed by atoms with Gasteiger partial charge in [0.05, 0.1) is 5.92 Å². The molecule has 0 radical (unpaired) electrons. The molecule has 1 fully saturated rings. The standard InChI is InChI=1S/C15H20N2O2/c1-2-3-4-11-5-7-13(8-6-11)17-10-12(15(16)19)9-14(17)18/h5-8,12H,2-4,9-10H2,1H3,(H2,16,19)/t12-/m1/s1. The van der Waals surface area contributed by atoms with E-state index in [-0.39, 0.29) is 18.2 Å². The smallest absolute Gasteiger partial charge is 0.227 e. The van der Waals surface area contributed by atoms with E-state index in [0.29, 0.717) is 6.54 Å². The lowest BCUT2D eigenvalue weighted by Crippen LogP contribution is -2.28. The van der Waals surface area contributed by atoms with Crippen LogP contribution >= 0.6 is 0 Å². The number of hydrogen-bond donors (Lipinski definition) is 1. The van der Waals surface area contributed by atoms with Crippen LogP contribution in [0.25, 0.3) is 0 Å². The Bertz CT molecular complexity index is 468. The molecule has 0 aromatic heterocycles. The van der Waals surface area contributed by atoms with Crippen LogP contribution < -0.4 is 10.6 Å². The zero-order valence-electron chi connectivity index (χ0n) is 11.3. The first-order valence-corrected chi connectivity index (χ1v) is 6.80. The summed E-state index contributed by atoms with van der Waals surface area (Å²) in [6.07, 6.45) is 3.64. The van der Waals surface area contributed by atoms with E-state index in [1.807, 2.05) is 12.1 Å². The van der Waals surface area contributed by atoms with Gasteiger partial charge in [-0.1, -0.05) is 25.5 Å². The minimum absolute atomic E-state index is 0.0230. The number of nitrogens with zero attached hydrogens (tertiary/aromatic N) is 1. The summed E-state index contributed by atoms with van der Waals surface area (Å²) in [5, 5.41) is 0. The highest BCUT2D eigenvalue weighted by atomic mass is 16.2. The number of carbonyl (C=O) groups is 2. The minimum Gasteiger partial charge on any atom is -0.369 e. The molecule has 2 amide bonds. The van der Waals surface area contributed by atoms with Crippen molar-refractivity contribution < 1.29 is 9.59 Å². The van der Waals surface area contributed by atoms with Crippen molar-refractivity contribution in [3.63, 3.8) is 0 Å². The summed E-state index contributed by atoms with van der Waals surface area (Å²) < 4.78 is 0. The molecule has 1 heterocycles. The molecule has 0 spiro atoms. The molecular formula is C15H20N2O2. The Morgan fingerprint density at radius 2 is 2.05 bits per heavy atom. The van der Waals surface area contributed by atoms with Crippen molar-refractivity contribution in [2.75, 3.05) is 11.4 Å². The van der Waals surface area contributed by atoms with E-state index in [4.69, 9.17) is 5.73 Å². The average Bonchev–Trinajstić information content (AvgIpc) is 2.79. The van der Waals surface area contributed by atoms with E-state index < -0.39 is 5.91 Å². The van der Waals surface area contributed by atoms with Gasteiger partial charge in [-0.05, 0) is 30.5 Å². The second-order valence-corrected chi connectivity index (χ2v) is 5.08. The normalized spacial score (nSPS) is 18.9. The van der Waals surface area contributed by atoms with Crippen LogP contribution in [0.2, 0.25) is 0 Å². The maximum atomic E-state index is 11.9. The van der Waals surface area contributed by atoms with Crippen LogP contribution in [0, 0.1) is 5.92 Å².